The van der Waals surface area contributed by atoms with E-state index in [4.69, 9.17) is 0 Å². The summed E-state index contributed by atoms with van der Waals surface area (Å²) in [5.41, 5.74) is 0.447. The highest BCUT2D eigenvalue weighted by atomic mass is 16.3. The highest BCUT2D eigenvalue weighted by Gasteiger charge is 2.32. The molecule has 2 N–H and O–H groups in total. The Morgan fingerprint density at radius 1 is 1.53 bits per heavy atom. The number of hydrogen-bond acceptors (Lipinski definition) is 5. The second kappa shape index (κ2) is 4.49. The summed E-state index contributed by atoms with van der Waals surface area (Å²) in [6.07, 6.45) is 2.36. The van der Waals surface area contributed by atoms with Gasteiger partial charge in [0.15, 0.2) is 0 Å². The van der Waals surface area contributed by atoms with E-state index in [0.717, 1.165) is 36.7 Å². The molecule has 1 aliphatic rings. The Kier molecular flexibility index (Phi) is 3.19. The third kappa shape index (κ3) is 2.49. The normalized spacial score (nSPS) is 24.1. The molecule has 0 saturated carbocycles. The summed E-state index contributed by atoms with van der Waals surface area (Å²) < 4.78 is 0. The molecule has 1 aliphatic heterocycles. The molecule has 1 fully saturated rings. The molecule has 1 aromatic rings. The summed E-state index contributed by atoms with van der Waals surface area (Å²) in [7, 11) is 0. The zero-order valence-electron chi connectivity index (χ0n) is 10.7. The van der Waals surface area contributed by atoms with E-state index >= 15 is 0 Å². The van der Waals surface area contributed by atoms with E-state index in [0.29, 0.717) is 6.54 Å². The van der Waals surface area contributed by atoms with Gasteiger partial charge in [0.05, 0.1) is 5.60 Å². The van der Waals surface area contributed by atoms with E-state index in [-0.39, 0.29) is 0 Å². The summed E-state index contributed by atoms with van der Waals surface area (Å²) in [6.45, 7) is 8.25. The lowest BCUT2D eigenvalue weighted by molar-refractivity contribution is 0.0839. The number of hydrogen-bond donors (Lipinski definition) is 2. The lowest BCUT2D eigenvalue weighted by atomic mass is 10.1. The molecule has 5 heteroatoms. The number of anilines is 2. The Hall–Kier alpha value is -1.36. The molecule has 0 radical (unpaired) electrons. The van der Waals surface area contributed by atoms with Crippen LogP contribution in [0.3, 0.4) is 0 Å². The van der Waals surface area contributed by atoms with E-state index in [1.807, 2.05) is 20.8 Å². The van der Waals surface area contributed by atoms with Gasteiger partial charge in [-0.05, 0) is 27.2 Å². The monoisotopic (exact) mass is 236 g/mol. The van der Waals surface area contributed by atoms with Crippen LogP contribution in [0, 0.1) is 6.92 Å². The molecule has 1 unspecified atom stereocenters. The SMILES string of the molecule is CCNc1ncnc(N2CCC(C)(O)C2)c1C. The number of nitrogens with zero attached hydrogens (tertiary/aromatic N) is 3. The summed E-state index contributed by atoms with van der Waals surface area (Å²) >= 11 is 0. The first-order valence-electron chi connectivity index (χ1n) is 6.06. The van der Waals surface area contributed by atoms with Gasteiger partial charge in [0.1, 0.15) is 18.0 Å². The minimum absolute atomic E-state index is 0.601. The third-order valence-electron chi connectivity index (χ3n) is 3.15. The maximum atomic E-state index is 9.99. The second-order valence-corrected chi connectivity index (χ2v) is 4.87. The molecule has 0 bridgehead atoms. The average molecular weight is 236 g/mol. The Labute approximate surface area is 102 Å². The molecule has 17 heavy (non-hydrogen) atoms. The van der Waals surface area contributed by atoms with Crippen molar-refractivity contribution in [2.24, 2.45) is 0 Å². The average Bonchev–Trinajstić information content (AvgIpc) is 2.62. The van der Waals surface area contributed by atoms with Crippen LogP contribution in [0.1, 0.15) is 25.8 Å². The molecular formula is C12H20N4O. The zero-order chi connectivity index (χ0) is 12.5. The number of β-amino-alcohol motifs (C(OH)–C–C–N with tert-alkyl or cyclic N) is 1. The van der Waals surface area contributed by atoms with Crippen molar-refractivity contribution in [3.8, 4) is 0 Å². The van der Waals surface area contributed by atoms with Gasteiger partial charge in [0, 0.05) is 25.2 Å². The second-order valence-electron chi connectivity index (χ2n) is 4.87. The van der Waals surface area contributed by atoms with Gasteiger partial charge in [-0.15, -0.1) is 0 Å². The Morgan fingerprint density at radius 3 is 2.88 bits per heavy atom. The molecule has 2 heterocycles. The molecule has 94 valence electrons. The van der Waals surface area contributed by atoms with Gasteiger partial charge < -0.3 is 15.3 Å². The van der Waals surface area contributed by atoms with Crippen LogP contribution in [0.4, 0.5) is 11.6 Å². The van der Waals surface area contributed by atoms with Crippen molar-refractivity contribution in [1.82, 2.24) is 9.97 Å². The van der Waals surface area contributed by atoms with E-state index < -0.39 is 5.60 Å². The van der Waals surface area contributed by atoms with Gasteiger partial charge in [-0.1, -0.05) is 0 Å². The number of rotatable bonds is 3. The third-order valence-corrected chi connectivity index (χ3v) is 3.15. The van der Waals surface area contributed by atoms with Crippen LogP contribution in [0.15, 0.2) is 6.33 Å². The fraction of sp³-hybridized carbons (Fsp3) is 0.667. The molecule has 1 saturated heterocycles. The van der Waals surface area contributed by atoms with Crippen LogP contribution < -0.4 is 10.2 Å². The van der Waals surface area contributed by atoms with Gasteiger partial charge in [-0.2, -0.15) is 0 Å². The molecule has 5 nitrogen and oxygen atoms in total. The molecule has 0 amide bonds. The van der Waals surface area contributed by atoms with Crippen molar-refractivity contribution in [1.29, 1.82) is 0 Å². The Bertz CT molecular complexity index is 405. The van der Waals surface area contributed by atoms with E-state index in [2.05, 4.69) is 20.2 Å². The first-order chi connectivity index (χ1) is 8.03. The van der Waals surface area contributed by atoms with Crippen LogP contribution in [0.5, 0.6) is 0 Å². The lowest BCUT2D eigenvalue weighted by Gasteiger charge is -2.22. The Balaban J connectivity index is 2.24. The summed E-state index contributed by atoms with van der Waals surface area (Å²) in [5.74, 6) is 1.80. The Morgan fingerprint density at radius 2 is 2.29 bits per heavy atom. The topological polar surface area (TPSA) is 61.3 Å². The zero-order valence-corrected chi connectivity index (χ0v) is 10.7. The van der Waals surface area contributed by atoms with Gasteiger partial charge in [-0.3, -0.25) is 0 Å². The first-order valence-corrected chi connectivity index (χ1v) is 6.06. The maximum Gasteiger partial charge on any atom is 0.137 e. The summed E-state index contributed by atoms with van der Waals surface area (Å²) in [5, 5.41) is 13.2. The highest BCUT2D eigenvalue weighted by molar-refractivity contribution is 5.58. The quantitative estimate of drug-likeness (QED) is 0.825. The maximum absolute atomic E-state index is 9.99. The smallest absolute Gasteiger partial charge is 0.137 e. The number of aromatic nitrogens is 2. The minimum Gasteiger partial charge on any atom is -0.388 e. The van der Waals surface area contributed by atoms with Gasteiger partial charge in [0.2, 0.25) is 0 Å². The van der Waals surface area contributed by atoms with E-state index in [9.17, 15) is 5.11 Å². The van der Waals surface area contributed by atoms with Crippen molar-refractivity contribution >= 4 is 11.6 Å². The van der Waals surface area contributed by atoms with Crippen molar-refractivity contribution in [2.75, 3.05) is 29.9 Å². The van der Waals surface area contributed by atoms with Crippen LogP contribution >= 0.6 is 0 Å². The minimum atomic E-state index is -0.601. The van der Waals surface area contributed by atoms with Crippen molar-refractivity contribution in [3.05, 3.63) is 11.9 Å². The van der Waals surface area contributed by atoms with E-state index in [1.54, 1.807) is 6.33 Å². The summed E-state index contributed by atoms with van der Waals surface area (Å²) in [6, 6.07) is 0. The predicted molar refractivity (Wildman–Crippen MR) is 68.4 cm³/mol. The van der Waals surface area contributed by atoms with Gasteiger partial charge >= 0.3 is 0 Å². The molecule has 0 aromatic carbocycles. The van der Waals surface area contributed by atoms with Crippen molar-refractivity contribution < 1.29 is 5.11 Å². The first kappa shape index (κ1) is 12.1. The lowest BCUT2D eigenvalue weighted by Crippen LogP contribution is -2.30. The predicted octanol–water partition coefficient (Wildman–Crippen LogP) is 1.18. The largest absolute Gasteiger partial charge is 0.388 e. The summed E-state index contributed by atoms with van der Waals surface area (Å²) in [4.78, 5) is 10.7. The molecule has 0 spiro atoms. The van der Waals surface area contributed by atoms with E-state index in [1.165, 1.54) is 0 Å². The van der Waals surface area contributed by atoms with Crippen molar-refractivity contribution in [3.63, 3.8) is 0 Å². The van der Waals surface area contributed by atoms with Crippen LogP contribution in [-0.2, 0) is 0 Å². The van der Waals surface area contributed by atoms with Gasteiger partial charge in [0.25, 0.3) is 0 Å². The van der Waals surface area contributed by atoms with Crippen molar-refractivity contribution in [2.45, 2.75) is 32.8 Å². The highest BCUT2D eigenvalue weighted by Crippen LogP contribution is 2.29. The van der Waals surface area contributed by atoms with Crippen LogP contribution in [-0.4, -0.2) is 40.3 Å². The number of nitrogens with one attached hydrogen (secondary N) is 1. The number of aliphatic hydroxyl groups is 1. The molecule has 1 atom stereocenters. The van der Waals surface area contributed by atoms with Crippen LogP contribution in [0.2, 0.25) is 0 Å². The standard InChI is InChI=1S/C12H20N4O/c1-4-13-10-9(2)11(15-8-14-10)16-6-5-12(3,17)7-16/h8,17H,4-7H2,1-3H3,(H,13,14,15). The molecule has 0 aliphatic carbocycles. The molecule has 2 rings (SSSR count). The van der Waals surface area contributed by atoms with Crippen LogP contribution in [0.25, 0.3) is 0 Å². The fourth-order valence-corrected chi connectivity index (χ4v) is 2.23. The fourth-order valence-electron chi connectivity index (χ4n) is 2.23. The molecule has 1 aromatic heterocycles. The van der Waals surface area contributed by atoms with Gasteiger partial charge in [-0.25, -0.2) is 9.97 Å². The molecular weight excluding hydrogens is 216 g/mol.